The molecule has 2 heterocycles. The predicted octanol–water partition coefficient (Wildman–Crippen LogP) is 4.26. The number of halogens is 1. The van der Waals surface area contributed by atoms with Gasteiger partial charge < -0.3 is 9.47 Å². The molecule has 0 N–H and O–H groups in total. The van der Waals surface area contributed by atoms with Gasteiger partial charge >= 0.3 is 0 Å². The highest BCUT2D eigenvalue weighted by Gasteiger charge is 2.44. The van der Waals surface area contributed by atoms with Crippen LogP contribution in [0.5, 0.6) is 5.75 Å². The van der Waals surface area contributed by atoms with E-state index in [1.807, 2.05) is 42.5 Å². The van der Waals surface area contributed by atoms with Crippen molar-refractivity contribution in [1.82, 2.24) is 0 Å². The van der Waals surface area contributed by atoms with Crippen LogP contribution in [-0.2, 0) is 10.3 Å². The predicted molar refractivity (Wildman–Crippen MR) is 78.0 cm³/mol. The summed E-state index contributed by atoms with van der Waals surface area (Å²) >= 11 is 5.93. The van der Waals surface area contributed by atoms with Crippen molar-refractivity contribution in [2.75, 3.05) is 6.61 Å². The van der Waals surface area contributed by atoms with Crippen molar-refractivity contribution in [2.45, 2.75) is 11.7 Å². The van der Waals surface area contributed by atoms with Gasteiger partial charge in [0, 0.05) is 10.6 Å². The first-order valence-electron chi connectivity index (χ1n) is 6.62. The zero-order chi connectivity index (χ0) is 13.6. The molecule has 0 saturated heterocycles. The average molecular weight is 285 g/mol. The Hall–Kier alpha value is -1.77. The molecular formula is C17H13ClO2. The molecule has 0 fully saturated rings. The van der Waals surface area contributed by atoms with Crippen LogP contribution in [-0.4, -0.2) is 6.61 Å². The highest BCUT2D eigenvalue weighted by molar-refractivity contribution is 6.30. The topological polar surface area (TPSA) is 18.5 Å². The number of benzene rings is 2. The van der Waals surface area contributed by atoms with Gasteiger partial charge in [-0.05, 0) is 29.8 Å². The van der Waals surface area contributed by atoms with Crippen molar-refractivity contribution in [2.24, 2.45) is 0 Å². The Morgan fingerprint density at radius 3 is 2.70 bits per heavy atom. The summed E-state index contributed by atoms with van der Waals surface area (Å²) in [6, 6.07) is 15.8. The van der Waals surface area contributed by atoms with E-state index in [2.05, 4.69) is 18.2 Å². The van der Waals surface area contributed by atoms with Gasteiger partial charge in [0.15, 0.2) is 0 Å². The maximum atomic E-state index is 6.28. The average Bonchev–Trinajstić information content (AvgIpc) is 3.07. The van der Waals surface area contributed by atoms with Gasteiger partial charge in [-0.25, -0.2) is 0 Å². The van der Waals surface area contributed by atoms with Crippen molar-refractivity contribution >= 4 is 11.6 Å². The second kappa shape index (κ2) is 4.37. The highest BCUT2D eigenvalue weighted by atomic mass is 35.5. The minimum atomic E-state index is -0.444. The molecule has 100 valence electrons. The largest absolute Gasteiger partial charge is 0.489 e. The summed E-state index contributed by atoms with van der Waals surface area (Å²) in [6.07, 6.45) is 4.15. The van der Waals surface area contributed by atoms with E-state index in [1.165, 1.54) is 0 Å². The van der Waals surface area contributed by atoms with Crippen LogP contribution in [0.25, 0.3) is 0 Å². The van der Waals surface area contributed by atoms with Gasteiger partial charge in [0.25, 0.3) is 0 Å². The lowest BCUT2D eigenvalue weighted by Gasteiger charge is -2.23. The van der Waals surface area contributed by atoms with Crippen LogP contribution in [0.3, 0.4) is 0 Å². The quantitative estimate of drug-likeness (QED) is 0.729. The van der Waals surface area contributed by atoms with Crippen LogP contribution >= 0.6 is 11.6 Å². The van der Waals surface area contributed by atoms with Crippen molar-refractivity contribution in [3.63, 3.8) is 0 Å². The fourth-order valence-corrected chi connectivity index (χ4v) is 2.95. The van der Waals surface area contributed by atoms with E-state index in [4.69, 9.17) is 21.1 Å². The lowest BCUT2D eigenvalue weighted by atomic mass is 9.97. The highest BCUT2D eigenvalue weighted by Crippen LogP contribution is 2.47. The maximum absolute atomic E-state index is 6.28. The van der Waals surface area contributed by atoms with Gasteiger partial charge in [-0.3, -0.25) is 0 Å². The van der Waals surface area contributed by atoms with Gasteiger partial charge in [-0.15, -0.1) is 0 Å². The molecule has 0 aromatic heterocycles. The Labute approximate surface area is 122 Å². The zero-order valence-corrected chi connectivity index (χ0v) is 11.5. The van der Waals surface area contributed by atoms with Crippen molar-refractivity contribution in [3.8, 4) is 5.75 Å². The van der Waals surface area contributed by atoms with Gasteiger partial charge in [-0.2, -0.15) is 0 Å². The molecule has 0 unspecified atom stereocenters. The summed E-state index contributed by atoms with van der Waals surface area (Å²) in [5.41, 5.74) is 1.76. The molecule has 2 aliphatic heterocycles. The Balaban J connectivity index is 1.66. The summed E-state index contributed by atoms with van der Waals surface area (Å²) in [6.45, 7) is 0.535. The van der Waals surface area contributed by atoms with Crippen LogP contribution in [0.2, 0.25) is 5.02 Å². The second-order valence-electron chi connectivity index (χ2n) is 5.12. The SMILES string of the molecule is Clc1ccc([C@H]2C=C[C@@]3(COc4ccccc43)O2)cc1. The van der Waals surface area contributed by atoms with Crippen molar-refractivity contribution in [1.29, 1.82) is 0 Å². The van der Waals surface area contributed by atoms with E-state index < -0.39 is 5.60 Å². The molecule has 3 heteroatoms. The molecule has 1 spiro atoms. The number of rotatable bonds is 1. The third-order valence-corrected chi connectivity index (χ3v) is 4.11. The second-order valence-corrected chi connectivity index (χ2v) is 5.56. The first kappa shape index (κ1) is 12.0. The van der Waals surface area contributed by atoms with E-state index in [-0.39, 0.29) is 6.10 Å². The number of fused-ring (bicyclic) bond motifs is 2. The summed E-state index contributed by atoms with van der Waals surface area (Å²) in [4.78, 5) is 0. The standard InChI is InChI=1S/C17H13ClO2/c18-13-7-5-12(6-8-13)15-9-10-17(20-15)11-19-16-4-2-1-3-14(16)17/h1-10,15H,11H2/t15-,17+/m1/s1. The Bertz CT molecular complexity index is 678. The van der Waals surface area contributed by atoms with E-state index in [0.717, 1.165) is 21.9 Å². The smallest absolute Gasteiger partial charge is 0.150 e. The minimum Gasteiger partial charge on any atom is -0.489 e. The molecule has 2 aliphatic rings. The normalized spacial score (nSPS) is 26.8. The zero-order valence-electron chi connectivity index (χ0n) is 10.8. The molecule has 0 saturated carbocycles. The third kappa shape index (κ3) is 1.76. The molecule has 20 heavy (non-hydrogen) atoms. The Morgan fingerprint density at radius 1 is 1.05 bits per heavy atom. The van der Waals surface area contributed by atoms with Crippen LogP contribution in [0.1, 0.15) is 17.2 Å². The third-order valence-electron chi connectivity index (χ3n) is 3.86. The first-order valence-corrected chi connectivity index (χ1v) is 7.00. The fourth-order valence-electron chi connectivity index (χ4n) is 2.82. The molecule has 0 bridgehead atoms. The number of hydrogen-bond acceptors (Lipinski definition) is 2. The Kier molecular flexibility index (Phi) is 2.62. The Morgan fingerprint density at radius 2 is 1.85 bits per heavy atom. The lowest BCUT2D eigenvalue weighted by molar-refractivity contribution is -0.0390. The van der Waals surface area contributed by atoms with E-state index in [9.17, 15) is 0 Å². The van der Waals surface area contributed by atoms with E-state index in [0.29, 0.717) is 6.61 Å². The summed E-state index contributed by atoms with van der Waals surface area (Å²) in [7, 11) is 0. The van der Waals surface area contributed by atoms with Gasteiger partial charge in [0.1, 0.15) is 24.1 Å². The number of hydrogen-bond donors (Lipinski definition) is 0. The molecule has 0 radical (unpaired) electrons. The lowest BCUT2D eigenvalue weighted by Crippen LogP contribution is -2.26. The summed E-state index contributed by atoms with van der Waals surface area (Å²) in [5, 5.41) is 0.736. The van der Waals surface area contributed by atoms with Gasteiger partial charge in [0.05, 0.1) is 0 Å². The van der Waals surface area contributed by atoms with E-state index in [1.54, 1.807) is 0 Å². The molecular weight excluding hydrogens is 272 g/mol. The maximum Gasteiger partial charge on any atom is 0.150 e. The summed E-state index contributed by atoms with van der Waals surface area (Å²) in [5.74, 6) is 0.911. The number of para-hydroxylation sites is 1. The minimum absolute atomic E-state index is 0.0537. The molecule has 4 rings (SSSR count). The molecule has 0 amide bonds. The van der Waals surface area contributed by atoms with E-state index >= 15 is 0 Å². The fraction of sp³-hybridized carbons (Fsp3) is 0.176. The van der Waals surface area contributed by atoms with Gasteiger partial charge in [-0.1, -0.05) is 48.0 Å². The van der Waals surface area contributed by atoms with Gasteiger partial charge in [0.2, 0.25) is 0 Å². The van der Waals surface area contributed by atoms with Crippen molar-refractivity contribution in [3.05, 3.63) is 76.8 Å². The van der Waals surface area contributed by atoms with Crippen LogP contribution in [0.15, 0.2) is 60.7 Å². The number of ether oxygens (including phenoxy) is 2. The molecule has 0 aliphatic carbocycles. The summed E-state index contributed by atoms with van der Waals surface area (Å²) < 4.78 is 12.0. The molecule has 2 nitrogen and oxygen atoms in total. The first-order chi connectivity index (χ1) is 9.77. The molecule has 2 aromatic rings. The van der Waals surface area contributed by atoms with Crippen molar-refractivity contribution < 1.29 is 9.47 Å². The molecule has 2 atom stereocenters. The van der Waals surface area contributed by atoms with Crippen LogP contribution in [0.4, 0.5) is 0 Å². The van der Waals surface area contributed by atoms with Crippen LogP contribution in [0, 0.1) is 0 Å². The monoisotopic (exact) mass is 284 g/mol. The molecule has 2 aromatic carbocycles. The van der Waals surface area contributed by atoms with Crippen LogP contribution < -0.4 is 4.74 Å².